The summed E-state index contributed by atoms with van der Waals surface area (Å²) in [5, 5.41) is 0. The Labute approximate surface area is 141 Å². The fourth-order valence-electron chi connectivity index (χ4n) is 2.54. The Morgan fingerprint density at radius 2 is 1.74 bits per heavy atom. The van der Waals surface area contributed by atoms with Gasteiger partial charge in [-0.15, -0.1) is 0 Å². The summed E-state index contributed by atoms with van der Waals surface area (Å²) in [6.45, 7) is 12.9. The fraction of sp³-hybridized carbons (Fsp3) is 0.632. The van der Waals surface area contributed by atoms with E-state index in [1.54, 1.807) is 0 Å². The number of nitrogens with two attached hydrogens (primary N) is 1. The zero-order chi connectivity index (χ0) is 17.9. The van der Waals surface area contributed by atoms with Gasteiger partial charge in [0.25, 0.3) is 0 Å². The van der Waals surface area contributed by atoms with Gasteiger partial charge in [0.15, 0.2) is 0 Å². The topological polar surface area (TPSA) is 49.6 Å². The van der Waals surface area contributed by atoms with Crippen molar-refractivity contribution in [1.29, 1.82) is 0 Å². The molecule has 0 aliphatic rings. The Balaban J connectivity index is 3.26. The number of nitrogens with zero attached hydrogens (tertiary/aromatic N) is 2. The Morgan fingerprint density at radius 3 is 2.17 bits per heavy atom. The first-order chi connectivity index (χ1) is 10.4. The summed E-state index contributed by atoms with van der Waals surface area (Å²) in [6, 6.07) is 6.06. The number of amides is 1. The van der Waals surface area contributed by atoms with Crippen molar-refractivity contribution in [2.45, 2.75) is 54.1 Å². The maximum absolute atomic E-state index is 13.0. The lowest BCUT2D eigenvalue weighted by molar-refractivity contribution is -0.143. The van der Waals surface area contributed by atoms with Crippen LogP contribution in [0.1, 0.15) is 47.1 Å². The van der Waals surface area contributed by atoms with E-state index in [1.165, 1.54) is 0 Å². The molecule has 1 aromatic carbocycles. The molecule has 0 aliphatic carbocycles. The predicted octanol–water partition coefficient (Wildman–Crippen LogP) is 3.75. The van der Waals surface area contributed by atoms with Crippen LogP contribution in [0.3, 0.4) is 0 Å². The van der Waals surface area contributed by atoms with Crippen molar-refractivity contribution >= 4 is 17.3 Å². The minimum Gasteiger partial charge on any atom is -0.399 e. The molecule has 23 heavy (non-hydrogen) atoms. The average Bonchev–Trinajstić information content (AvgIpc) is 2.41. The number of benzene rings is 1. The van der Waals surface area contributed by atoms with Crippen LogP contribution >= 0.6 is 0 Å². The summed E-state index contributed by atoms with van der Waals surface area (Å²) >= 11 is 0. The third kappa shape index (κ3) is 4.88. The molecule has 4 heteroatoms. The molecule has 0 spiro atoms. The summed E-state index contributed by atoms with van der Waals surface area (Å²) < 4.78 is 0. The summed E-state index contributed by atoms with van der Waals surface area (Å²) in [5.41, 5.74) is 8.49. The maximum atomic E-state index is 13.0. The molecule has 0 saturated heterocycles. The molecule has 0 fully saturated rings. The third-order valence-electron chi connectivity index (χ3n) is 4.28. The van der Waals surface area contributed by atoms with E-state index in [-0.39, 0.29) is 11.9 Å². The van der Waals surface area contributed by atoms with Crippen molar-refractivity contribution in [3.63, 3.8) is 0 Å². The number of carbonyl (C=O) groups is 1. The number of rotatable bonds is 5. The molecule has 2 N–H and O–H groups in total. The molecule has 0 radical (unpaired) electrons. The van der Waals surface area contributed by atoms with Crippen molar-refractivity contribution in [3.8, 4) is 0 Å². The fourth-order valence-corrected chi connectivity index (χ4v) is 2.54. The second-order valence-corrected chi connectivity index (χ2v) is 7.95. The first kappa shape index (κ1) is 19.3. The molecule has 130 valence electrons. The number of anilines is 2. The van der Waals surface area contributed by atoms with E-state index < -0.39 is 5.41 Å². The summed E-state index contributed by atoms with van der Waals surface area (Å²) in [7, 11) is 4.02. The van der Waals surface area contributed by atoms with Gasteiger partial charge in [-0.1, -0.05) is 34.6 Å². The van der Waals surface area contributed by atoms with E-state index in [2.05, 4.69) is 25.7 Å². The molecular weight excluding hydrogens is 286 g/mol. The van der Waals surface area contributed by atoms with Gasteiger partial charge in [0.1, 0.15) is 0 Å². The van der Waals surface area contributed by atoms with Crippen LogP contribution in [0.15, 0.2) is 18.2 Å². The van der Waals surface area contributed by atoms with Crippen LogP contribution in [-0.4, -0.2) is 30.9 Å². The highest BCUT2D eigenvalue weighted by Crippen LogP contribution is 2.28. The molecular formula is C19H33N3O. The van der Waals surface area contributed by atoms with Gasteiger partial charge in [-0.2, -0.15) is 0 Å². The average molecular weight is 319 g/mol. The molecule has 1 rings (SSSR count). The molecule has 0 aromatic heterocycles. The zero-order valence-corrected chi connectivity index (χ0v) is 16.0. The largest absolute Gasteiger partial charge is 0.399 e. The van der Waals surface area contributed by atoms with Crippen molar-refractivity contribution in [1.82, 2.24) is 4.90 Å². The first-order valence-electron chi connectivity index (χ1n) is 8.32. The van der Waals surface area contributed by atoms with E-state index in [0.717, 1.165) is 16.9 Å². The van der Waals surface area contributed by atoms with Crippen LogP contribution in [-0.2, 0) is 11.3 Å². The van der Waals surface area contributed by atoms with Crippen LogP contribution < -0.4 is 10.6 Å². The second-order valence-electron chi connectivity index (χ2n) is 7.95. The van der Waals surface area contributed by atoms with E-state index >= 15 is 0 Å². The van der Waals surface area contributed by atoms with Crippen molar-refractivity contribution in [2.24, 2.45) is 11.3 Å². The second kappa shape index (κ2) is 7.24. The number of carbonyl (C=O) groups excluding carboxylic acids is 1. The Kier molecular flexibility index (Phi) is 6.09. The standard InChI is InChI=1S/C19H33N3O/c1-13(2)14(3)22(18(23)19(4,5)6)12-15-11-16(20)9-10-17(15)21(7)8/h9-11,13-14H,12,20H2,1-8H3/t14-/m0/s1. The quantitative estimate of drug-likeness (QED) is 0.841. The highest BCUT2D eigenvalue weighted by atomic mass is 16.2. The van der Waals surface area contributed by atoms with E-state index in [4.69, 9.17) is 5.73 Å². The molecule has 1 aromatic rings. The molecule has 0 aliphatic heterocycles. The highest BCUT2D eigenvalue weighted by Gasteiger charge is 2.31. The number of hydrogen-bond acceptors (Lipinski definition) is 3. The molecule has 1 amide bonds. The third-order valence-corrected chi connectivity index (χ3v) is 4.28. The van der Waals surface area contributed by atoms with Crippen molar-refractivity contribution in [2.75, 3.05) is 24.7 Å². The number of hydrogen-bond donors (Lipinski definition) is 1. The lowest BCUT2D eigenvalue weighted by atomic mass is 9.92. The van der Waals surface area contributed by atoms with Crippen LogP contribution in [0.5, 0.6) is 0 Å². The molecule has 0 heterocycles. The van der Waals surface area contributed by atoms with E-state index in [0.29, 0.717) is 12.5 Å². The smallest absolute Gasteiger partial charge is 0.228 e. The Bertz CT molecular complexity index is 544. The lowest BCUT2D eigenvalue weighted by Crippen LogP contribution is -2.46. The van der Waals surface area contributed by atoms with Gasteiger partial charge in [-0.05, 0) is 36.6 Å². The minimum absolute atomic E-state index is 0.165. The van der Waals surface area contributed by atoms with Crippen molar-refractivity contribution < 1.29 is 4.79 Å². The van der Waals surface area contributed by atoms with Crippen molar-refractivity contribution in [3.05, 3.63) is 23.8 Å². The summed E-state index contributed by atoms with van der Waals surface area (Å²) in [5.74, 6) is 0.566. The molecule has 4 nitrogen and oxygen atoms in total. The van der Waals surface area contributed by atoms with Gasteiger partial charge in [-0.3, -0.25) is 4.79 Å². The monoisotopic (exact) mass is 319 g/mol. The van der Waals surface area contributed by atoms with Gasteiger partial charge in [0.2, 0.25) is 5.91 Å². The molecule has 0 bridgehead atoms. The van der Waals surface area contributed by atoms with E-state index in [9.17, 15) is 4.79 Å². The first-order valence-corrected chi connectivity index (χ1v) is 8.32. The van der Waals surface area contributed by atoms with Gasteiger partial charge < -0.3 is 15.5 Å². The van der Waals surface area contributed by atoms with Gasteiger partial charge in [0, 0.05) is 43.5 Å². The Morgan fingerprint density at radius 1 is 1.17 bits per heavy atom. The maximum Gasteiger partial charge on any atom is 0.228 e. The van der Waals surface area contributed by atoms with Gasteiger partial charge in [0.05, 0.1) is 0 Å². The highest BCUT2D eigenvalue weighted by molar-refractivity contribution is 5.82. The molecule has 0 unspecified atom stereocenters. The minimum atomic E-state index is -0.401. The van der Waals surface area contributed by atoms with Crippen LogP contribution in [0.4, 0.5) is 11.4 Å². The van der Waals surface area contributed by atoms with Crippen LogP contribution in [0, 0.1) is 11.3 Å². The van der Waals surface area contributed by atoms with Crippen LogP contribution in [0.25, 0.3) is 0 Å². The predicted molar refractivity (Wildman–Crippen MR) is 99.5 cm³/mol. The van der Waals surface area contributed by atoms with E-state index in [1.807, 2.05) is 58.0 Å². The Hall–Kier alpha value is -1.71. The summed E-state index contributed by atoms with van der Waals surface area (Å²) in [6.07, 6.45) is 0. The van der Waals surface area contributed by atoms with Crippen LogP contribution in [0.2, 0.25) is 0 Å². The normalized spacial score (nSPS) is 13.1. The number of nitrogen functional groups attached to an aromatic ring is 1. The van der Waals surface area contributed by atoms with Gasteiger partial charge >= 0.3 is 0 Å². The molecule has 1 atom stereocenters. The lowest BCUT2D eigenvalue weighted by Gasteiger charge is -2.37. The molecule has 0 saturated carbocycles. The zero-order valence-electron chi connectivity index (χ0n) is 16.0. The summed E-state index contributed by atoms with van der Waals surface area (Å²) in [4.78, 5) is 17.0. The van der Waals surface area contributed by atoms with Gasteiger partial charge in [-0.25, -0.2) is 0 Å². The SMILES string of the molecule is CC(C)[C@H](C)N(Cc1cc(N)ccc1N(C)C)C(=O)C(C)(C)C.